The second kappa shape index (κ2) is 3.31. The fourth-order valence-electron chi connectivity index (χ4n) is 1.12. The van der Waals surface area contributed by atoms with E-state index in [1.165, 1.54) is 17.0 Å². The normalized spacial score (nSPS) is 10.4. The van der Waals surface area contributed by atoms with Gasteiger partial charge in [-0.1, -0.05) is 11.6 Å². The van der Waals surface area contributed by atoms with Gasteiger partial charge in [-0.2, -0.15) is 0 Å². The topological polar surface area (TPSA) is 48.0 Å². The molecule has 4 nitrogen and oxygen atoms in total. The first-order chi connectivity index (χ1) is 6.70. The quantitative estimate of drug-likeness (QED) is 0.712. The van der Waals surface area contributed by atoms with Crippen LogP contribution in [0.2, 0.25) is 5.15 Å². The van der Waals surface area contributed by atoms with Crippen LogP contribution in [-0.4, -0.2) is 15.3 Å². The van der Waals surface area contributed by atoms with Crippen LogP contribution in [0.5, 0.6) is 0 Å². The highest BCUT2D eigenvalue weighted by molar-refractivity contribution is 6.29. The van der Waals surface area contributed by atoms with E-state index in [-0.39, 0.29) is 17.4 Å². The van der Waals surface area contributed by atoms with Crippen molar-refractivity contribution < 1.29 is 9.21 Å². The highest BCUT2D eigenvalue weighted by Crippen LogP contribution is 2.13. The van der Waals surface area contributed by atoms with Crippen LogP contribution in [0.4, 0.5) is 0 Å². The van der Waals surface area contributed by atoms with Crippen molar-refractivity contribution >= 4 is 17.4 Å². The molecule has 14 heavy (non-hydrogen) atoms. The van der Waals surface area contributed by atoms with Gasteiger partial charge in [0.2, 0.25) is 0 Å². The molecule has 0 radical (unpaired) electrons. The third kappa shape index (κ3) is 1.33. The van der Waals surface area contributed by atoms with Crippen molar-refractivity contribution in [3.8, 4) is 0 Å². The van der Waals surface area contributed by atoms with Crippen LogP contribution >= 0.6 is 11.6 Å². The molecule has 0 aliphatic heterocycles. The van der Waals surface area contributed by atoms with E-state index in [2.05, 4.69) is 4.98 Å². The summed E-state index contributed by atoms with van der Waals surface area (Å²) < 4.78 is 6.47. The van der Waals surface area contributed by atoms with Gasteiger partial charge >= 0.3 is 0 Å². The molecule has 0 fully saturated rings. The summed E-state index contributed by atoms with van der Waals surface area (Å²) in [6, 6.07) is 3.24. The predicted octanol–water partition coefficient (Wildman–Crippen LogP) is 1.90. The second-order valence-electron chi connectivity index (χ2n) is 2.77. The molecule has 0 spiro atoms. The van der Waals surface area contributed by atoms with Crippen LogP contribution in [0.15, 0.2) is 29.0 Å². The Labute approximate surface area is 85.1 Å². The van der Waals surface area contributed by atoms with Crippen molar-refractivity contribution in [3.05, 3.63) is 41.3 Å². The monoisotopic (exact) mass is 210 g/mol. The Balaban J connectivity index is 2.42. The number of nitrogens with zero attached hydrogens (tertiary/aromatic N) is 2. The molecule has 0 unspecified atom stereocenters. The van der Waals surface area contributed by atoms with Gasteiger partial charge in [0.1, 0.15) is 5.15 Å². The SMILES string of the molecule is Cn1c(Cl)cnc1C(=O)c1ccco1. The second-order valence-corrected chi connectivity index (χ2v) is 3.16. The Bertz CT molecular complexity index is 459. The Hall–Kier alpha value is -1.55. The first-order valence-corrected chi connectivity index (χ1v) is 4.33. The van der Waals surface area contributed by atoms with Crippen molar-refractivity contribution in [2.24, 2.45) is 7.05 Å². The Morgan fingerprint density at radius 2 is 2.43 bits per heavy atom. The average Bonchev–Trinajstić information content (AvgIpc) is 2.77. The van der Waals surface area contributed by atoms with Gasteiger partial charge in [-0.05, 0) is 12.1 Å². The van der Waals surface area contributed by atoms with E-state index in [0.717, 1.165) is 0 Å². The number of halogens is 1. The first kappa shape index (κ1) is 9.02. The zero-order chi connectivity index (χ0) is 10.1. The summed E-state index contributed by atoms with van der Waals surface area (Å²) in [5, 5.41) is 0.417. The van der Waals surface area contributed by atoms with Crippen molar-refractivity contribution in [1.29, 1.82) is 0 Å². The summed E-state index contributed by atoms with van der Waals surface area (Å²) in [6.45, 7) is 0. The van der Waals surface area contributed by atoms with Crippen LogP contribution in [0.3, 0.4) is 0 Å². The van der Waals surface area contributed by atoms with Crippen LogP contribution in [-0.2, 0) is 7.05 Å². The van der Waals surface area contributed by atoms with E-state index in [1.54, 1.807) is 19.2 Å². The lowest BCUT2D eigenvalue weighted by Crippen LogP contribution is -2.07. The van der Waals surface area contributed by atoms with E-state index < -0.39 is 0 Å². The van der Waals surface area contributed by atoms with Gasteiger partial charge in [0.05, 0.1) is 12.5 Å². The molecule has 0 N–H and O–H groups in total. The molecule has 0 aliphatic carbocycles. The van der Waals surface area contributed by atoms with Gasteiger partial charge in [-0.3, -0.25) is 4.79 Å². The predicted molar refractivity (Wildman–Crippen MR) is 50.4 cm³/mol. The van der Waals surface area contributed by atoms with Gasteiger partial charge in [0, 0.05) is 7.05 Å². The Morgan fingerprint density at radius 3 is 2.93 bits per heavy atom. The van der Waals surface area contributed by atoms with Gasteiger partial charge in [0.25, 0.3) is 5.78 Å². The molecule has 2 heterocycles. The highest BCUT2D eigenvalue weighted by Gasteiger charge is 2.17. The number of hydrogen-bond acceptors (Lipinski definition) is 3. The van der Waals surface area contributed by atoms with Gasteiger partial charge < -0.3 is 8.98 Å². The largest absolute Gasteiger partial charge is 0.461 e. The van der Waals surface area contributed by atoms with Crippen molar-refractivity contribution in [2.45, 2.75) is 0 Å². The molecule has 2 rings (SSSR count). The van der Waals surface area contributed by atoms with Crippen LogP contribution in [0.1, 0.15) is 16.4 Å². The molecule has 5 heteroatoms. The highest BCUT2D eigenvalue weighted by atomic mass is 35.5. The number of ketones is 1. The number of furan rings is 1. The maximum absolute atomic E-state index is 11.7. The number of rotatable bonds is 2. The molecule has 2 aromatic rings. The molecule has 0 saturated heterocycles. The number of imidazole rings is 1. The van der Waals surface area contributed by atoms with E-state index in [4.69, 9.17) is 16.0 Å². The Kier molecular flexibility index (Phi) is 2.13. The number of aromatic nitrogens is 2. The molecule has 0 amide bonds. The lowest BCUT2D eigenvalue weighted by atomic mass is 10.3. The minimum absolute atomic E-state index is 0.260. The third-order valence-electron chi connectivity index (χ3n) is 1.88. The van der Waals surface area contributed by atoms with Crippen LogP contribution < -0.4 is 0 Å². The summed E-state index contributed by atoms with van der Waals surface area (Å²) in [5.41, 5.74) is 0. The third-order valence-corrected chi connectivity index (χ3v) is 2.23. The van der Waals surface area contributed by atoms with E-state index >= 15 is 0 Å². The summed E-state index contributed by atoms with van der Waals surface area (Å²) in [7, 11) is 1.67. The maximum Gasteiger partial charge on any atom is 0.263 e. The first-order valence-electron chi connectivity index (χ1n) is 3.95. The lowest BCUT2D eigenvalue weighted by Gasteiger charge is -1.98. The molecular weight excluding hydrogens is 204 g/mol. The zero-order valence-electron chi connectivity index (χ0n) is 7.40. The minimum atomic E-state index is -0.274. The van der Waals surface area contributed by atoms with Crippen LogP contribution in [0.25, 0.3) is 0 Å². The molecular formula is C9H7ClN2O2. The van der Waals surface area contributed by atoms with Gasteiger partial charge in [-0.25, -0.2) is 4.98 Å². The van der Waals surface area contributed by atoms with E-state index in [0.29, 0.717) is 5.15 Å². The number of carbonyl (C=O) groups excluding carboxylic acids is 1. The summed E-state index contributed by atoms with van der Waals surface area (Å²) in [5.74, 6) is 0.254. The molecule has 0 bridgehead atoms. The van der Waals surface area contributed by atoms with Crippen molar-refractivity contribution in [2.75, 3.05) is 0 Å². The minimum Gasteiger partial charge on any atom is -0.461 e. The fraction of sp³-hybridized carbons (Fsp3) is 0.111. The fourth-order valence-corrected chi connectivity index (χ4v) is 1.25. The Morgan fingerprint density at radius 1 is 1.64 bits per heavy atom. The average molecular weight is 211 g/mol. The van der Waals surface area contributed by atoms with Gasteiger partial charge in [-0.15, -0.1) is 0 Å². The molecule has 0 aliphatic rings. The van der Waals surface area contributed by atoms with E-state index in [1.807, 2.05) is 0 Å². The number of carbonyl (C=O) groups is 1. The van der Waals surface area contributed by atoms with E-state index in [9.17, 15) is 4.79 Å². The molecule has 0 atom stereocenters. The van der Waals surface area contributed by atoms with Crippen molar-refractivity contribution in [3.63, 3.8) is 0 Å². The molecule has 0 saturated carbocycles. The van der Waals surface area contributed by atoms with Crippen LogP contribution in [0, 0.1) is 0 Å². The maximum atomic E-state index is 11.7. The number of hydrogen-bond donors (Lipinski definition) is 0. The lowest BCUT2D eigenvalue weighted by molar-refractivity contribution is 0.0996. The smallest absolute Gasteiger partial charge is 0.263 e. The van der Waals surface area contributed by atoms with Crippen molar-refractivity contribution in [1.82, 2.24) is 9.55 Å². The van der Waals surface area contributed by atoms with Gasteiger partial charge in [0.15, 0.2) is 11.6 Å². The summed E-state index contributed by atoms with van der Waals surface area (Å²) >= 11 is 5.75. The standard InChI is InChI=1S/C9H7ClN2O2/c1-12-7(10)5-11-9(12)8(13)6-3-2-4-14-6/h2-5H,1H3. The molecule has 2 aromatic heterocycles. The molecule has 0 aromatic carbocycles. The summed E-state index contributed by atoms with van der Waals surface area (Å²) in [4.78, 5) is 15.6. The summed E-state index contributed by atoms with van der Waals surface area (Å²) in [6.07, 6.45) is 2.87. The molecule has 72 valence electrons. The zero-order valence-corrected chi connectivity index (χ0v) is 8.15.